The molecule has 0 N–H and O–H groups in total. The van der Waals surface area contributed by atoms with Crippen LogP contribution in [0.3, 0.4) is 0 Å². The molecule has 0 radical (unpaired) electrons. The summed E-state index contributed by atoms with van der Waals surface area (Å²) < 4.78 is 7.40. The van der Waals surface area contributed by atoms with Gasteiger partial charge < -0.3 is 14.5 Å². The quantitative estimate of drug-likeness (QED) is 0.543. The molecule has 1 unspecified atom stereocenters. The number of ether oxygens (including phenoxy) is 1. The molecule has 0 saturated carbocycles. The van der Waals surface area contributed by atoms with Crippen LogP contribution in [0.1, 0.15) is 58.3 Å². The van der Waals surface area contributed by atoms with Crippen molar-refractivity contribution in [3.8, 4) is 11.4 Å². The van der Waals surface area contributed by atoms with Crippen LogP contribution in [0, 0.1) is 0 Å². The summed E-state index contributed by atoms with van der Waals surface area (Å²) in [4.78, 5) is 41.3. The number of rotatable bonds is 4. The molecule has 35 heavy (non-hydrogen) atoms. The highest BCUT2D eigenvalue weighted by molar-refractivity contribution is 6.08. The maximum absolute atomic E-state index is 13.7. The summed E-state index contributed by atoms with van der Waals surface area (Å²) in [6.07, 6.45) is 4.67. The van der Waals surface area contributed by atoms with Gasteiger partial charge in [-0.1, -0.05) is 0 Å². The lowest BCUT2D eigenvalue weighted by Gasteiger charge is -2.29. The third-order valence-electron chi connectivity index (χ3n) is 7.08. The molecule has 0 bridgehead atoms. The van der Waals surface area contributed by atoms with E-state index < -0.39 is 0 Å². The van der Waals surface area contributed by atoms with Crippen molar-refractivity contribution in [2.75, 3.05) is 22.9 Å². The number of nitrogens with zero attached hydrogens (tertiary/aromatic N) is 4. The van der Waals surface area contributed by atoms with Crippen LogP contribution in [0.4, 0.5) is 11.4 Å². The maximum atomic E-state index is 13.7. The van der Waals surface area contributed by atoms with Crippen LogP contribution >= 0.6 is 0 Å². The van der Waals surface area contributed by atoms with Crippen LogP contribution in [0.15, 0.2) is 42.5 Å². The van der Waals surface area contributed by atoms with Crippen molar-refractivity contribution in [2.45, 2.75) is 45.1 Å². The number of anilines is 2. The molecular formula is C27H26N4O4. The molecule has 0 spiro atoms. The number of benzene rings is 2. The summed E-state index contributed by atoms with van der Waals surface area (Å²) in [5.74, 6) is 0.791. The number of aromatic nitrogens is 2. The zero-order chi connectivity index (χ0) is 24.1. The SMILES string of the molecule is CC1Cc2cc(-n3nc(C=O)c4c3C(=O)N(c3ccc(N5CCCCC5=O)cc3)CC4)ccc2O1. The van der Waals surface area contributed by atoms with E-state index in [-0.39, 0.29) is 17.9 Å². The first kappa shape index (κ1) is 21.6. The predicted octanol–water partition coefficient (Wildman–Crippen LogP) is 3.73. The third kappa shape index (κ3) is 3.60. The third-order valence-corrected chi connectivity index (χ3v) is 7.08. The molecule has 8 heteroatoms. The number of piperidine rings is 1. The summed E-state index contributed by atoms with van der Waals surface area (Å²) in [6.45, 7) is 3.20. The Hall–Kier alpha value is -3.94. The van der Waals surface area contributed by atoms with Crippen LogP contribution in [0.2, 0.25) is 0 Å². The predicted molar refractivity (Wildman–Crippen MR) is 131 cm³/mol. The largest absolute Gasteiger partial charge is 0.490 e. The van der Waals surface area contributed by atoms with Gasteiger partial charge in [-0.05, 0) is 74.2 Å². The fraction of sp³-hybridized carbons (Fsp3) is 0.333. The molecule has 3 aliphatic heterocycles. The Kier molecular flexibility index (Phi) is 5.16. The molecule has 1 aromatic heterocycles. The first-order chi connectivity index (χ1) is 17.0. The van der Waals surface area contributed by atoms with Gasteiger partial charge in [0.1, 0.15) is 23.2 Å². The van der Waals surface area contributed by atoms with E-state index >= 15 is 0 Å². The highest BCUT2D eigenvalue weighted by Crippen LogP contribution is 2.33. The van der Waals surface area contributed by atoms with E-state index in [0.29, 0.717) is 36.3 Å². The summed E-state index contributed by atoms with van der Waals surface area (Å²) >= 11 is 0. The van der Waals surface area contributed by atoms with Crippen LogP contribution in [-0.4, -0.2) is 47.1 Å². The van der Waals surface area contributed by atoms with Gasteiger partial charge in [0, 0.05) is 42.9 Å². The Bertz CT molecular complexity index is 1340. The molecule has 2 amide bonds. The molecule has 3 aliphatic rings. The van der Waals surface area contributed by atoms with Crippen molar-refractivity contribution in [1.29, 1.82) is 0 Å². The van der Waals surface area contributed by atoms with Gasteiger partial charge in [-0.2, -0.15) is 5.10 Å². The standard InChI is InChI=1S/C27H26N4O4/c1-17-14-18-15-21(9-10-24(18)35-17)31-26-22(23(16-32)28-31)11-13-30(27(26)34)20-7-5-19(6-8-20)29-12-3-2-4-25(29)33/h5-10,15-17H,2-4,11-14H2,1H3. The lowest BCUT2D eigenvalue weighted by Crippen LogP contribution is -2.39. The Morgan fingerprint density at radius 1 is 0.943 bits per heavy atom. The number of fused-ring (bicyclic) bond motifs is 2. The van der Waals surface area contributed by atoms with Crippen LogP contribution < -0.4 is 14.5 Å². The van der Waals surface area contributed by atoms with Gasteiger partial charge in [0.2, 0.25) is 5.91 Å². The second-order valence-corrected chi connectivity index (χ2v) is 9.39. The van der Waals surface area contributed by atoms with Crippen molar-refractivity contribution in [3.05, 3.63) is 65.0 Å². The van der Waals surface area contributed by atoms with E-state index in [9.17, 15) is 14.4 Å². The second kappa shape index (κ2) is 8.37. The monoisotopic (exact) mass is 470 g/mol. The van der Waals surface area contributed by atoms with Crippen LogP contribution in [0.5, 0.6) is 5.75 Å². The molecule has 0 aliphatic carbocycles. The molecule has 8 nitrogen and oxygen atoms in total. The fourth-order valence-corrected chi connectivity index (χ4v) is 5.35. The van der Waals surface area contributed by atoms with E-state index in [1.54, 1.807) is 9.58 Å². The number of hydrogen-bond donors (Lipinski definition) is 0. The zero-order valence-electron chi connectivity index (χ0n) is 19.6. The Balaban J connectivity index is 1.34. The van der Waals surface area contributed by atoms with Crippen molar-refractivity contribution >= 4 is 29.5 Å². The average molecular weight is 471 g/mol. The molecule has 1 atom stereocenters. The molecule has 4 heterocycles. The highest BCUT2D eigenvalue weighted by atomic mass is 16.5. The Morgan fingerprint density at radius 2 is 1.69 bits per heavy atom. The number of amides is 2. The van der Waals surface area contributed by atoms with Gasteiger partial charge in [0.15, 0.2) is 6.29 Å². The minimum Gasteiger partial charge on any atom is -0.490 e. The van der Waals surface area contributed by atoms with E-state index in [4.69, 9.17) is 4.74 Å². The van der Waals surface area contributed by atoms with Gasteiger partial charge in [-0.15, -0.1) is 0 Å². The molecule has 1 saturated heterocycles. The van der Waals surface area contributed by atoms with E-state index in [1.165, 1.54) is 0 Å². The van der Waals surface area contributed by atoms with Crippen molar-refractivity contribution in [3.63, 3.8) is 0 Å². The normalized spacial score (nSPS) is 19.4. The molecule has 3 aromatic rings. The first-order valence-electron chi connectivity index (χ1n) is 12.1. The van der Waals surface area contributed by atoms with Crippen molar-refractivity contribution < 1.29 is 19.1 Å². The number of carbonyl (C=O) groups excluding carboxylic acids is 3. The second-order valence-electron chi connectivity index (χ2n) is 9.39. The topological polar surface area (TPSA) is 84.7 Å². The number of carbonyl (C=O) groups is 3. The van der Waals surface area contributed by atoms with Crippen LogP contribution in [0.25, 0.3) is 5.69 Å². The summed E-state index contributed by atoms with van der Waals surface area (Å²) in [5, 5.41) is 4.50. The van der Waals surface area contributed by atoms with Gasteiger partial charge in [-0.25, -0.2) is 4.68 Å². The van der Waals surface area contributed by atoms with E-state index in [2.05, 4.69) is 5.10 Å². The minimum absolute atomic E-state index is 0.109. The molecule has 6 rings (SSSR count). The zero-order valence-corrected chi connectivity index (χ0v) is 19.6. The van der Waals surface area contributed by atoms with Gasteiger partial charge in [-0.3, -0.25) is 14.4 Å². The average Bonchev–Trinajstić information content (AvgIpc) is 3.44. The van der Waals surface area contributed by atoms with Gasteiger partial charge in [0.25, 0.3) is 5.91 Å². The number of hydrogen-bond acceptors (Lipinski definition) is 5. The van der Waals surface area contributed by atoms with Crippen molar-refractivity contribution in [2.24, 2.45) is 0 Å². The Labute approximate surface area is 203 Å². The Morgan fingerprint density at radius 3 is 2.43 bits per heavy atom. The molecule has 2 aromatic carbocycles. The maximum Gasteiger partial charge on any atom is 0.277 e. The van der Waals surface area contributed by atoms with E-state index in [0.717, 1.165) is 60.5 Å². The van der Waals surface area contributed by atoms with Gasteiger partial charge >= 0.3 is 0 Å². The number of aldehydes is 1. The highest BCUT2D eigenvalue weighted by Gasteiger charge is 2.33. The molecule has 178 valence electrons. The lowest BCUT2D eigenvalue weighted by atomic mass is 10.0. The minimum atomic E-state index is -0.196. The van der Waals surface area contributed by atoms with E-state index in [1.807, 2.05) is 54.3 Å². The van der Waals surface area contributed by atoms with Crippen LogP contribution in [-0.2, 0) is 17.6 Å². The summed E-state index contributed by atoms with van der Waals surface area (Å²) in [7, 11) is 0. The van der Waals surface area contributed by atoms with Gasteiger partial charge in [0.05, 0.1) is 5.69 Å². The lowest BCUT2D eigenvalue weighted by molar-refractivity contribution is -0.119. The first-order valence-corrected chi connectivity index (χ1v) is 12.1. The fourth-order valence-electron chi connectivity index (χ4n) is 5.35. The smallest absolute Gasteiger partial charge is 0.277 e. The van der Waals surface area contributed by atoms with Crippen molar-refractivity contribution in [1.82, 2.24) is 9.78 Å². The summed E-state index contributed by atoms with van der Waals surface area (Å²) in [5.41, 5.74) is 4.81. The molecular weight excluding hydrogens is 444 g/mol. The summed E-state index contributed by atoms with van der Waals surface area (Å²) in [6, 6.07) is 13.3. The molecule has 1 fully saturated rings.